The Bertz CT molecular complexity index is 386. The van der Waals surface area contributed by atoms with Gasteiger partial charge in [-0.3, -0.25) is 0 Å². The Balaban J connectivity index is 1.64. The molecule has 1 aromatic rings. The maximum atomic E-state index is 12.0. The topological polar surface area (TPSA) is 27.7 Å². The van der Waals surface area contributed by atoms with Crippen molar-refractivity contribution >= 4 is 0 Å². The van der Waals surface area contributed by atoms with Crippen LogP contribution in [-0.4, -0.2) is 31.8 Å². The van der Waals surface area contributed by atoms with Gasteiger partial charge >= 0.3 is 6.18 Å². The molecule has 0 aliphatic carbocycles. The van der Waals surface area contributed by atoms with Crippen molar-refractivity contribution in [2.45, 2.75) is 38.0 Å². The summed E-state index contributed by atoms with van der Waals surface area (Å²) in [6, 6.07) is 9.70. The molecule has 6 heteroatoms. The summed E-state index contributed by atoms with van der Waals surface area (Å²) >= 11 is 0. The first-order valence-electron chi connectivity index (χ1n) is 6.48. The van der Waals surface area contributed by atoms with Crippen LogP contribution in [0.5, 0.6) is 0 Å². The fourth-order valence-electron chi connectivity index (χ4n) is 1.94. The van der Waals surface area contributed by atoms with Crippen LogP contribution in [0, 0.1) is 0 Å². The summed E-state index contributed by atoms with van der Waals surface area (Å²) < 4.78 is 51.5. The second kappa shape index (κ2) is 7.06. The molecule has 2 rings (SSSR count). The zero-order valence-corrected chi connectivity index (χ0v) is 10.9. The van der Waals surface area contributed by atoms with Crippen LogP contribution in [0.2, 0.25) is 0 Å². The Kier molecular flexibility index (Phi) is 5.39. The highest BCUT2D eigenvalue weighted by atomic mass is 19.4. The van der Waals surface area contributed by atoms with E-state index in [0.717, 1.165) is 5.56 Å². The monoisotopic (exact) mass is 290 g/mol. The van der Waals surface area contributed by atoms with Crippen molar-refractivity contribution in [2.24, 2.45) is 0 Å². The minimum Gasteiger partial charge on any atom is -0.371 e. The minimum absolute atomic E-state index is 0.0963. The fourth-order valence-corrected chi connectivity index (χ4v) is 1.94. The normalized spacial score (nSPS) is 23.8. The Hall–Kier alpha value is -1.11. The summed E-state index contributed by atoms with van der Waals surface area (Å²) in [4.78, 5) is 0. The summed E-state index contributed by atoms with van der Waals surface area (Å²) in [7, 11) is 0. The lowest BCUT2D eigenvalue weighted by Crippen LogP contribution is -2.34. The second-order valence-corrected chi connectivity index (χ2v) is 4.69. The average molecular weight is 290 g/mol. The minimum atomic E-state index is -4.32. The number of rotatable bonds is 5. The third-order valence-electron chi connectivity index (χ3n) is 2.95. The van der Waals surface area contributed by atoms with Crippen molar-refractivity contribution in [3.8, 4) is 0 Å². The molecule has 0 N–H and O–H groups in total. The van der Waals surface area contributed by atoms with E-state index in [4.69, 9.17) is 9.47 Å². The van der Waals surface area contributed by atoms with E-state index < -0.39 is 19.1 Å². The third-order valence-corrected chi connectivity index (χ3v) is 2.95. The molecular weight excluding hydrogens is 273 g/mol. The van der Waals surface area contributed by atoms with Crippen LogP contribution in [0.25, 0.3) is 0 Å². The summed E-state index contributed by atoms with van der Waals surface area (Å²) in [5, 5.41) is 0. The van der Waals surface area contributed by atoms with Crippen molar-refractivity contribution in [3.05, 3.63) is 35.9 Å². The molecule has 2 atom stereocenters. The number of hydrogen-bond acceptors (Lipinski definition) is 3. The highest BCUT2D eigenvalue weighted by Gasteiger charge is 2.31. The molecule has 0 saturated carbocycles. The Labute approximate surface area is 115 Å². The Morgan fingerprint density at radius 2 is 1.85 bits per heavy atom. The predicted molar refractivity (Wildman–Crippen MR) is 66.0 cm³/mol. The molecule has 1 aliphatic heterocycles. The van der Waals surface area contributed by atoms with E-state index in [1.54, 1.807) is 0 Å². The van der Waals surface area contributed by atoms with Gasteiger partial charge in [0.05, 0.1) is 19.3 Å². The van der Waals surface area contributed by atoms with Crippen LogP contribution in [0.3, 0.4) is 0 Å². The lowest BCUT2D eigenvalue weighted by atomic mass is 10.1. The van der Waals surface area contributed by atoms with Gasteiger partial charge in [0.25, 0.3) is 0 Å². The van der Waals surface area contributed by atoms with Crippen molar-refractivity contribution in [1.82, 2.24) is 0 Å². The van der Waals surface area contributed by atoms with Crippen LogP contribution in [0.4, 0.5) is 13.2 Å². The maximum absolute atomic E-state index is 12.0. The van der Waals surface area contributed by atoms with Crippen molar-refractivity contribution in [1.29, 1.82) is 0 Å². The average Bonchev–Trinajstić information content (AvgIpc) is 2.44. The molecule has 1 fully saturated rings. The summed E-state index contributed by atoms with van der Waals surface area (Å²) in [5.74, 6) is 0. The third kappa shape index (κ3) is 5.48. The van der Waals surface area contributed by atoms with E-state index in [2.05, 4.69) is 4.74 Å². The van der Waals surface area contributed by atoms with E-state index in [1.807, 2.05) is 30.3 Å². The molecule has 0 unspecified atom stereocenters. The summed E-state index contributed by atoms with van der Waals surface area (Å²) in [6.07, 6.45) is -4.15. The molecule has 112 valence electrons. The number of alkyl halides is 3. The quantitative estimate of drug-likeness (QED) is 0.833. The van der Waals surface area contributed by atoms with E-state index in [1.165, 1.54) is 0 Å². The predicted octanol–water partition coefficient (Wildman–Crippen LogP) is 3.29. The maximum Gasteiger partial charge on any atom is 0.411 e. The standard InChI is InChI=1S/C14H17F3O3/c15-14(16,17)10-20-13-7-6-12(9-19-13)18-8-11-4-2-1-3-5-11/h1-5,12-13H,6-10H2/t12-,13+/m1/s1. The zero-order valence-electron chi connectivity index (χ0n) is 10.9. The van der Waals surface area contributed by atoms with Crippen LogP contribution in [0.15, 0.2) is 30.3 Å². The molecule has 0 spiro atoms. The van der Waals surface area contributed by atoms with E-state index >= 15 is 0 Å². The molecule has 0 radical (unpaired) electrons. The lowest BCUT2D eigenvalue weighted by molar-refractivity contribution is -0.248. The first kappa shape index (κ1) is 15.3. The van der Waals surface area contributed by atoms with Crippen LogP contribution in [-0.2, 0) is 20.8 Å². The number of benzene rings is 1. The summed E-state index contributed by atoms with van der Waals surface area (Å²) in [6.45, 7) is -0.536. The number of halogens is 3. The van der Waals surface area contributed by atoms with E-state index in [-0.39, 0.29) is 12.7 Å². The van der Waals surface area contributed by atoms with E-state index in [0.29, 0.717) is 19.4 Å². The molecule has 1 saturated heterocycles. The first-order chi connectivity index (χ1) is 9.53. The van der Waals surface area contributed by atoms with Gasteiger partial charge in [-0.1, -0.05) is 30.3 Å². The second-order valence-electron chi connectivity index (χ2n) is 4.69. The van der Waals surface area contributed by atoms with Gasteiger partial charge in [0.15, 0.2) is 6.29 Å². The van der Waals surface area contributed by atoms with Gasteiger partial charge in [0, 0.05) is 6.42 Å². The van der Waals surface area contributed by atoms with Crippen molar-refractivity contribution in [2.75, 3.05) is 13.2 Å². The molecule has 3 nitrogen and oxygen atoms in total. The highest BCUT2D eigenvalue weighted by Crippen LogP contribution is 2.21. The smallest absolute Gasteiger partial charge is 0.371 e. The largest absolute Gasteiger partial charge is 0.411 e. The van der Waals surface area contributed by atoms with Gasteiger partial charge in [0.1, 0.15) is 6.61 Å². The Morgan fingerprint density at radius 1 is 1.10 bits per heavy atom. The van der Waals surface area contributed by atoms with Gasteiger partial charge in [0.2, 0.25) is 0 Å². The van der Waals surface area contributed by atoms with Crippen LogP contribution >= 0.6 is 0 Å². The van der Waals surface area contributed by atoms with Gasteiger partial charge in [-0.2, -0.15) is 13.2 Å². The highest BCUT2D eigenvalue weighted by molar-refractivity contribution is 5.13. The van der Waals surface area contributed by atoms with Crippen molar-refractivity contribution < 1.29 is 27.4 Å². The van der Waals surface area contributed by atoms with Crippen LogP contribution < -0.4 is 0 Å². The molecule has 1 aliphatic rings. The lowest BCUT2D eigenvalue weighted by Gasteiger charge is -2.29. The molecule has 0 bridgehead atoms. The Morgan fingerprint density at radius 3 is 2.45 bits per heavy atom. The van der Waals surface area contributed by atoms with E-state index in [9.17, 15) is 13.2 Å². The summed E-state index contributed by atoms with van der Waals surface area (Å²) in [5.41, 5.74) is 1.06. The van der Waals surface area contributed by atoms with Gasteiger partial charge in [-0.05, 0) is 12.0 Å². The molecule has 1 aromatic carbocycles. The van der Waals surface area contributed by atoms with Crippen LogP contribution in [0.1, 0.15) is 18.4 Å². The first-order valence-corrected chi connectivity index (χ1v) is 6.48. The SMILES string of the molecule is FC(F)(F)CO[C@H]1CC[C@@H](OCc2ccccc2)CO1. The number of hydrogen-bond donors (Lipinski definition) is 0. The molecule has 0 amide bonds. The fraction of sp³-hybridized carbons (Fsp3) is 0.571. The molecular formula is C14H17F3O3. The molecule has 20 heavy (non-hydrogen) atoms. The number of ether oxygens (including phenoxy) is 3. The van der Waals surface area contributed by atoms with Gasteiger partial charge in [-0.15, -0.1) is 0 Å². The van der Waals surface area contributed by atoms with Gasteiger partial charge in [-0.25, -0.2) is 0 Å². The molecule has 1 heterocycles. The molecule has 0 aromatic heterocycles. The van der Waals surface area contributed by atoms with Crippen molar-refractivity contribution in [3.63, 3.8) is 0 Å². The van der Waals surface area contributed by atoms with Gasteiger partial charge < -0.3 is 14.2 Å². The zero-order chi connectivity index (χ0) is 14.4.